The van der Waals surface area contributed by atoms with E-state index in [0.717, 1.165) is 11.1 Å². The van der Waals surface area contributed by atoms with Gasteiger partial charge in [-0.1, -0.05) is 78.6 Å². The predicted molar refractivity (Wildman–Crippen MR) is 106 cm³/mol. The highest BCUT2D eigenvalue weighted by Crippen LogP contribution is 2.27. The first-order valence-electron chi connectivity index (χ1n) is 8.11. The highest BCUT2D eigenvalue weighted by atomic mass is 35.5. The molecule has 1 aromatic carbocycles. The summed E-state index contributed by atoms with van der Waals surface area (Å²) in [6.45, 7) is 5.78. The second kappa shape index (κ2) is 9.30. The van der Waals surface area contributed by atoms with E-state index in [2.05, 4.69) is 20.8 Å². The number of hydrogen-bond donors (Lipinski definition) is 2. The number of nitrogens with one attached hydrogen (secondary N) is 2. The van der Waals surface area contributed by atoms with Crippen LogP contribution in [0.2, 0.25) is 0 Å². The Morgan fingerprint density at radius 2 is 1.96 bits per heavy atom. The summed E-state index contributed by atoms with van der Waals surface area (Å²) in [5.74, 6) is -1.09. The normalized spacial score (nSPS) is 13.3. The molecule has 1 aromatic heterocycles. The van der Waals surface area contributed by atoms with Crippen molar-refractivity contribution in [2.24, 2.45) is 5.92 Å². The molecule has 0 radical (unpaired) electrons. The minimum atomic E-state index is -1.23. The van der Waals surface area contributed by atoms with Crippen LogP contribution in [0, 0.1) is 12.8 Å². The van der Waals surface area contributed by atoms with Crippen molar-refractivity contribution < 1.29 is 9.59 Å². The quantitative estimate of drug-likeness (QED) is 0.674. The molecule has 0 fully saturated rings. The highest BCUT2D eigenvalue weighted by molar-refractivity contribution is 7.18. The summed E-state index contributed by atoms with van der Waals surface area (Å²) in [5, 5.41) is 14.5. The predicted octanol–water partition coefficient (Wildman–Crippen LogP) is 3.79. The first kappa shape index (κ1) is 20.6. The van der Waals surface area contributed by atoms with Gasteiger partial charge in [-0.05, 0) is 18.9 Å². The lowest BCUT2D eigenvalue weighted by atomic mass is 9.98. The summed E-state index contributed by atoms with van der Waals surface area (Å²) in [6.07, 6.45) is 0.693. The smallest absolute Gasteiger partial charge is 0.253 e. The van der Waals surface area contributed by atoms with Crippen LogP contribution in [-0.2, 0) is 9.59 Å². The maximum Gasteiger partial charge on any atom is 0.253 e. The van der Waals surface area contributed by atoms with Gasteiger partial charge in [-0.3, -0.25) is 14.9 Å². The monoisotopic (exact) mass is 414 g/mol. The number of halogens is 2. The molecule has 0 spiro atoms. The summed E-state index contributed by atoms with van der Waals surface area (Å²) in [4.78, 5) is 23.1. The summed E-state index contributed by atoms with van der Waals surface area (Å²) in [7, 11) is 0. The lowest BCUT2D eigenvalue weighted by molar-refractivity contribution is -0.126. The summed E-state index contributed by atoms with van der Waals surface area (Å²) >= 11 is 12.4. The van der Waals surface area contributed by atoms with E-state index in [0.29, 0.717) is 16.6 Å². The lowest BCUT2D eigenvalue weighted by Crippen LogP contribution is -2.49. The molecule has 0 saturated heterocycles. The van der Waals surface area contributed by atoms with E-state index in [1.165, 1.54) is 11.3 Å². The van der Waals surface area contributed by atoms with E-state index < -0.39 is 16.8 Å². The fraction of sp³-hybridized carbons (Fsp3) is 0.412. The molecule has 2 N–H and O–H groups in total. The maximum atomic E-state index is 12.6. The second-order valence-electron chi connectivity index (χ2n) is 5.94. The van der Waals surface area contributed by atoms with Crippen molar-refractivity contribution in [3.63, 3.8) is 0 Å². The zero-order valence-corrected chi connectivity index (χ0v) is 17.0. The van der Waals surface area contributed by atoms with E-state index in [-0.39, 0.29) is 11.8 Å². The van der Waals surface area contributed by atoms with Crippen molar-refractivity contribution >= 4 is 51.5 Å². The van der Waals surface area contributed by atoms with E-state index in [9.17, 15) is 9.59 Å². The van der Waals surface area contributed by atoms with E-state index in [1.807, 2.05) is 45.0 Å². The van der Waals surface area contributed by atoms with Crippen LogP contribution in [0.3, 0.4) is 0 Å². The molecule has 2 atom stereocenters. The molecular weight excluding hydrogens is 395 g/mol. The molecule has 1 heterocycles. The van der Waals surface area contributed by atoms with Crippen LogP contribution in [0.15, 0.2) is 24.3 Å². The fourth-order valence-corrected chi connectivity index (χ4v) is 3.14. The standard InChI is InChI=1S/C17H20Cl2N4O2S/c1-4-10(3)12(20-15(25)13(18)19)14(24)21-17-23-22-16(26-17)11-7-5-6-9(2)8-11/h5-8,10,12-13H,4H2,1-3H3,(H,20,25)(H,21,23,24)/t10-,12+/m1/s1. The van der Waals surface area contributed by atoms with Gasteiger partial charge in [-0.15, -0.1) is 10.2 Å². The molecule has 0 aliphatic carbocycles. The number of carbonyl (C=O) groups excluding carboxylic acids is 2. The second-order valence-corrected chi connectivity index (χ2v) is 8.02. The van der Waals surface area contributed by atoms with Crippen LogP contribution in [0.4, 0.5) is 5.13 Å². The Balaban J connectivity index is 2.12. The van der Waals surface area contributed by atoms with Gasteiger partial charge in [0.05, 0.1) is 0 Å². The third kappa shape index (κ3) is 5.40. The van der Waals surface area contributed by atoms with Crippen LogP contribution in [0.25, 0.3) is 10.6 Å². The van der Waals surface area contributed by atoms with Crippen LogP contribution in [0.5, 0.6) is 0 Å². The number of alkyl halides is 2. The van der Waals surface area contributed by atoms with Crippen molar-refractivity contribution in [2.75, 3.05) is 5.32 Å². The molecule has 0 aliphatic heterocycles. The van der Waals surface area contributed by atoms with Crippen LogP contribution >= 0.6 is 34.5 Å². The number of aryl methyl sites for hydroxylation is 1. The van der Waals surface area contributed by atoms with Gasteiger partial charge in [0.15, 0.2) is 4.84 Å². The third-order valence-electron chi connectivity index (χ3n) is 3.91. The molecule has 9 heteroatoms. The van der Waals surface area contributed by atoms with Crippen LogP contribution in [0.1, 0.15) is 25.8 Å². The summed E-state index contributed by atoms with van der Waals surface area (Å²) in [6, 6.07) is 7.10. The Hall–Kier alpha value is -1.70. The number of rotatable bonds is 7. The van der Waals surface area contributed by atoms with Crippen molar-refractivity contribution in [1.29, 1.82) is 0 Å². The Bertz CT molecular complexity index is 782. The number of anilines is 1. The van der Waals surface area contributed by atoms with Crippen LogP contribution in [-0.4, -0.2) is 32.9 Å². The minimum absolute atomic E-state index is 0.102. The largest absolute Gasteiger partial charge is 0.342 e. The molecule has 0 aliphatic rings. The number of amides is 2. The highest BCUT2D eigenvalue weighted by Gasteiger charge is 2.28. The molecule has 140 valence electrons. The first-order chi connectivity index (χ1) is 12.3. The number of aromatic nitrogens is 2. The zero-order chi connectivity index (χ0) is 19.3. The maximum absolute atomic E-state index is 12.6. The SMILES string of the molecule is CC[C@@H](C)[C@H](NC(=O)C(Cl)Cl)C(=O)Nc1nnc(-c2cccc(C)c2)s1. The molecule has 2 amide bonds. The molecule has 6 nitrogen and oxygen atoms in total. The zero-order valence-electron chi connectivity index (χ0n) is 14.6. The van der Waals surface area contributed by atoms with E-state index in [1.54, 1.807) is 0 Å². The van der Waals surface area contributed by atoms with E-state index >= 15 is 0 Å². The van der Waals surface area contributed by atoms with Gasteiger partial charge in [0.25, 0.3) is 5.91 Å². The van der Waals surface area contributed by atoms with Gasteiger partial charge >= 0.3 is 0 Å². The Kier molecular flexibility index (Phi) is 7.37. The van der Waals surface area contributed by atoms with Crippen molar-refractivity contribution in [2.45, 2.75) is 38.1 Å². The van der Waals surface area contributed by atoms with Gasteiger partial charge in [0.2, 0.25) is 11.0 Å². The Morgan fingerprint density at radius 3 is 2.58 bits per heavy atom. The van der Waals surface area contributed by atoms with Crippen molar-refractivity contribution in [1.82, 2.24) is 15.5 Å². The average molecular weight is 415 g/mol. The van der Waals surface area contributed by atoms with Gasteiger partial charge < -0.3 is 5.32 Å². The fourth-order valence-electron chi connectivity index (χ4n) is 2.27. The van der Waals surface area contributed by atoms with Crippen molar-refractivity contribution in [3.8, 4) is 10.6 Å². The molecule has 0 bridgehead atoms. The van der Waals surface area contributed by atoms with E-state index in [4.69, 9.17) is 23.2 Å². The molecule has 26 heavy (non-hydrogen) atoms. The van der Waals surface area contributed by atoms with Gasteiger partial charge in [0.1, 0.15) is 11.0 Å². The van der Waals surface area contributed by atoms with Gasteiger partial charge in [-0.25, -0.2) is 0 Å². The van der Waals surface area contributed by atoms with Crippen molar-refractivity contribution in [3.05, 3.63) is 29.8 Å². The average Bonchev–Trinajstić information content (AvgIpc) is 3.07. The third-order valence-corrected chi connectivity index (χ3v) is 5.20. The number of nitrogens with zero attached hydrogens (tertiary/aromatic N) is 2. The summed E-state index contributed by atoms with van der Waals surface area (Å²) in [5.41, 5.74) is 2.04. The first-order valence-corrected chi connectivity index (χ1v) is 9.80. The van der Waals surface area contributed by atoms with Gasteiger partial charge in [-0.2, -0.15) is 0 Å². The molecule has 2 rings (SSSR count). The number of carbonyl (C=O) groups is 2. The summed E-state index contributed by atoms with van der Waals surface area (Å²) < 4.78 is 0. The molecular formula is C17H20Cl2N4O2S. The molecule has 0 saturated carbocycles. The van der Waals surface area contributed by atoms with Gasteiger partial charge in [0, 0.05) is 5.56 Å². The molecule has 0 unspecified atom stereocenters. The number of hydrogen-bond acceptors (Lipinski definition) is 5. The minimum Gasteiger partial charge on any atom is -0.342 e. The molecule has 2 aromatic rings. The number of benzene rings is 1. The topological polar surface area (TPSA) is 84.0 Å². The lowest BCUT2D eigenvalue weighted by Gasteiger charge is -2.23. The Morgan fingerprint density at radius 1 is 1.23 bits per heavy atom. The van der Waals surface area contributed by atoms with Crippen LogP contribution < -0.4 is 10.6 Å². The Labute approximate surface area is 166 Å².